The molecule has 0 unspecified atom stereocenters. The van der Waals surface area contributed by atoms with E-state index >= 15 is 0 Å². The molecule has 8 heteroatoms. The zero-order chi connectivity index (χ0) is 18.1. The second-order valence-electron chi connectivity index (χ2n) is 6.01. The molecule has 4 rings (SSSR count). The van der Waals surface area contributed by atoms with Crippen LogP contribution < -0.4 is 5.32 Å². The number of rotatable bonds is 4. The van der Waals surface area contributed by atoms with Gasteiger partial charge in [0, 0.05) is 12.6 Å². The lowest BCUT2D eigenvalue weighted by Crippen LogP contribution is -2.28. The lowest BCUT2D eigenvalue weighted by molar-refractivity contribution is 0.0938. The van der Waals surface area contributed by atoms with Crippen molar-refractivity contribution in [2.45, 2.75) is 13.0 Å². The van der Waals surface area contributed by atoms with Crippen molar-refractivity contribution >= 4 is 16.9 Å². The van der Waals surface area contributed by atoms with E-state index in [1.165, 1.54) is 11.0 Å². The molecule has 0 aliphatic heterocycles. The summed E-state index contributed by atoms with van der Waals surface area (Å²) in [5.41, 5.74) is 3.30. The monoisotopic (exact) mass is 347 g/mol. The molecule has 1 N–H and O–H groups in total. The summed E-state index contributed by atoms with van der Waals surface area (Å²) in [5.74, 6) is 0.651. The van der Waals surface area contributed by atoms with Gasteiger partial charge in [0.15, 0.2) is 0 Å². The molecule has 26 heavy (non-hydrogen) atoms. The molecular weight excluding hydrogens is 330 g/mol. The van der Waals surface area contributed by atoms with Crippen molar-refractivity contribution in [2.24, 2.45) is 7.05 Å². The van der Waals surface area contributed by atoms with E-state index in [4.69, 9.17) is 0 Å². The fourth-order valence-corrected chi connectivity index (χ4v) is 2.94. The van der Waals surface area contributed by atoms with Crippen LogP contribution in [0.5, 0.6) is 0 Å². The van der Waals surface area contributed by atoms with Crippen LogP contribution in [0.2, 0.25) is 0 Å². The van der Waals surface area contributed by atoms with E-state index in [1.54, 1.807) is 24.3 Å². The number of amides is 1. The molecule has 8 nitrogen and oxygen atoms in total. The van der Waals surface area contributed by atoms with Gasteiger partial charge >= 0.3 is 0 Å². The van der Waals surface area contributed by atoms with Gasteiger partial charge in [0.25, 0.3) is 5.91 Å². The van der Waals surface area contributed by atoms with E-state index < -0.39 is 0 Å². The summed E-state index contributed by atoms with van der Waals surface area (Å²) >= 11 is 0. The minimum absolute atomic E-state index is 0.159. The number of aromatic nitrogens is 6. The summed E-state index contributed by atoms with van der Waals surface area (Å²) in [6.45, 7) is 1.93. The Morgan fingerprint density at radius 1 is 1.12 bits per heavy atom. The number of para-hydroxylation sites is 2. The van der Waals surface area contributed by atoms with Crippen LogP contribution in [0, 0.1) is 0 Å². The maximum atomic E-state index is 12.6. The van der Waals surface area contributed by atoms with Gasteiger partial charge in [-0.2, -0.15) is 0 Å². The van der Waals surface area contributed by atoms with Crippen LogP contribution in [0.4, 0.5) is 0 Å². The second kappa shape index (κ2) is 6.40. The van der Waals surface area contributed by atoms with E-state index in [0.717, 1.165) is 22.5 Å². The van der Waals surface area contributed by atoms with Crippen LogP contribution in [0.15, 0.2) is 54.9 Å². The topological polar surface area (TPSA) is 90.5 Å². The summed E-state index contributed by atoms with van der Waals surface area (Å²) in [6.07, 6.45) is 1.50. The SMILES string of the molecule is C[C@H](NC(=O)c1ccc(-n2cnnn2)cc1)c1nc2ccccc2n1C. The molecule has 4 aromatic rings. The lowest BCUT2D eigenvalue weighted by Gasteiger charge is -2.14. The molecule has 0 saturated heterocycles. The third kappa shape index (κ3) is 2.81. The van der Waals surface area contributed by atoms with Gasteiger partial charge in [-0.15, -0.1) is 5.10 Å². The van der Waals surface area contributed by atoms with Crippen LogP contribution in [0.25, 0.3) is 16.7 Å². The second-order valence-corrected chi connectivity index (χ2v) is 6.01. The largest absolute Gasteiger partial charge is 0.342 e. The number of nitrogens with one attached hydrogen (secondary N) is 1. The minimum Gasteiger partial charge on any atom is -0.342 e. The van der Waals surface area contributed by atoms with Gasteiger partial charge in [-0.25, -0.2) is 9.67 Å². The van der Waals surface area contributed by atoms with Gasteiger partial charge in [-0.3, -0.25) is 4.79 Å². The Morgan fingerprint density at radius 2 is 1.88 bits per heavy atom. The average Bonchev–Trinajstić information content (AvgIpc) is 3.31. The molecule has 0 aliphatic carbocycles. The Labute approximate surface area is 149 Å². The van der Waals surface area contributed by atoms with Gasteiger partial charge in [-0.05, 0) is 53.7 Å². The smallest absolute Gasteiger partial charge is 0.251 e. The molecule has 130 valence electrons. The zero-order valence-electron chi connectivity index (χ0n) is 14.4. The van der Waals surface area contributed by atoms with Gasteiger partial charge in [-0.1, -0.05) is 12.1 Å². The maximum Gasteiger partial charge on any atom is 0.251 e. The summed E-state index contributed by atoms with van der Waals surface area (Å²) in [7, 11) is 1.95. The number of aryl methyl sites for hydroxylation is 1. The quantitative estimate of drug-likeness (QED) is 0.610. The van der Waals surface area contributed by atoms with Crippen LogP contribution >= 0.6 is 0 Å². The molecule has 2 aromatic carbocycles. The molecule has 0 aliphatic rings. The van der Waals surface area contributed by atoms with Crippen molar-refractivity contribution < 1.29 is 4.79 Å². The Hall–Kier alpha value is -3.55. The Morgan fingerprint density at radius 3 is 2.58 bits per heavy atom. The zero-order valence-corrected chi connectivity index (χ0v) is 14.4. The first-order valence-corrected chi connectivity index (χ1v) is 8.19. The highest BCUT2D eigenvalue weighted by molar-refractivity contribution is 5.94. The predicted molar refractivity (Wildman–Crippen MR) is 95.7 cm³/mol. The number of nitrogens with zero attached hydrogens (tertiary/aromatic N) is 6. The number of benzene rings is 2. The van der Waals surface area contributed by atoms with E-state index in [1.807, 2.05) is 42.8 Å². The normalized spacial score (nSPS) is 12.2. The average molecular weight is 347 g/mol. The number of tetrazole rings is 1. The van der Waals surface area contributed by atoms with Crippen molar-refractivity contribution in [3.05, 3.63) is 66.2 Å². The Bertz CT molecular complexity index is 1050. The van der Waals surface area contributed by atoms with Crippen LogP contribution in [-0.4, -0.2) is 35.7 Å². The van der Waals surface area contributed by atoms with Crippen molar-refractivity contribution in [1.29, 1.82) is 0 Å². The van der Waals surface area contributed by atoms with Crippen LogP contribution in [-0.2, 0) is 7.05 Å². The number of fused-ring (bicyclic) bond motifs is 1. The first-order valence-electron chi connectivity index (χ1n) is 8.19. The van der Waals surface area contributed by atoms with Gasteiger partial charge in [0.1, 0.15) is 12.2 Å². The van der Waals surface area contributed by atoms with E-state index in [2.05, 4.69) is 25.8 Å². The van der Waals surface area contributed by atoms with E-state index in [-0.39, 0.29) is 11.9 Å². The standard InChI is InChI=1S/C18H17N7O/c1-12(17-21-15-5-3-4-6-16(15)24(17)2)20-18(26)13-7-9-14(10-8-13)25-11-19-22-23-25/h3-12H,1-2H3,(H,20,26)/t12-/m0/s1. The summed E-state index contributed by atoms with van der Waals surface area (Å²) in [6, 6.07) is 14.8. The summed E-state index contributed by atoms with van der Waals surface area (Å²) in [4.78, 5) is 17.2. The minimum atomic E-state index is -0.223. The fourth-order valence-electron chi connectivity index (χ4n) is 2.94. The van der Waals surface area contributed by atoms with Gasteiger partial charge < -0.3 is 9.88 Å². The Kier molecular flexibility index (Phi) is 3.92. The molecule has 1 amide bonds. The van der Waals surface area contributed by atoms with Crippen LogP contribution in [0.1, 0.15) is 29.1 Å². The molecule has 0 fully saturated rings. The molecule has 0 bridgehead atoms. The number of imidazole rings is 1. The third-order valence-corrected chi connectivity index (χ3v) is 4.30. The molecule has 2 heterocycles. The van der Waals surface area contributed by atoms with Crippen LogP contribution in [0.3, 0.4) is 0 Å². The number of hydrogen-bond acceptors (Lipinski definition) is 5. The Balaban J connectivity index is 1.52. The van der Waals surface area contributed by atoms with E-state index in [9.17, 15) is 4.79 Å². The summed E-state index contributed by atoms with van der Waals surface area (Å²) in [5, 5.41) is 14.0. The van der Waals surface area contributed by atoms with Crippen molar-refractivity contribution in [1.82, 2.24) is 35.1 Å². The molecular formula is C18H17N7O. The fraction of sp³-hybridized carbons (Fsp3) is 0.167. The summed E-state index contributed by atoms with van der Waals surface area (Å²) < 4.78 is 3.53. The molecule has 0 radical (unpaired) electrons. The third-order valence-electron chi connectivity index (χ3n) is 4.30. The predicted octanol–water partition coefficient (Wildman–Crippen LogP) is 2.04. The van der Waals surface area contributed by atoms with Crippen molar-refractivity contribution in [2.75, 3.05) is 0 Å². The molecule has 2 aromatic heterocycles. The highest BCUT2D eigenvalue weighted by Gasteiger charge is 2.17. The molecule has 1 atom stereocenters. The lowest BCUT2D eigenvalue weighted by atomic mass is 10.2. The molecule has 0 saturated carbocycles. The molecule has 0 spiro atoms. The maximum absolute atomic E-state index is 12.6. The number of carbonyl (C=O) groups excluding carboxylic acids is 1. The highest BCUT2D eigenvalue weighted by atomic mass is 16.1. The van der Waals surface area contributed by atoms with Gasteiger partial charge in [0.2, 0.25) is 0 Å². The van der Waals surface area contributed by atoms with Gasteiger partial charge in [0.05, 0.1) is 22.8 Å². The van der Waals surface area contributed by atoms with E-state index in [0.29, 0.717) is 5.56 Å². The van der Waals surface area contributed by atoms with Crippen molar-refractivity contribution in [3.8, 4) is 5.69 Å². The number of hydrogen-bond donors (Lipinski definition) is 1. The first-order chi connectivity index (χ1) is 12.6. The number of carbonyl (C=O) groups is 1. The highest BCUT2D eigenvalue weighted by Crippen LogP contribution is 2.19. The van der Waals surface area contributed by atoms with Crippen molar-refractivity contribution in [3.63, 3.8) is 0 Å². The first kappa shape index (κ1) is 15.9.